The van der Waals surface area contributed by atoms with Gasteiger partial charge in [0.2, 0.25) is 5.91 Å². The van der Waals surface area contributed by atoms with Crippen molar-refractivity contribution in [1.82, 2.24) is 20.7 Å². The fraction of sp³-hybridized carbons (Fsp3) is 0.320. The second kappa shape index (κ2) is 10.6. The Bertz CT molecular complexity index is 1150. The van der Waals surface area contributed by atoms with Gasteiger partial charge in [-0.25, -0.2) is 8.78 Å². The van der Waals surface area contributed by atoms with E-state index in [-0.39, 0.29) is 29.0 Å². The van der Waals surface area contributed by atoms with Gasteiger partial charge < -0.3 is 20.1 Å². The monoisotopic (exact) mass is 468 g/mol. The highest BCUT2D eigenvalue weighted by molar-refractivity contribution is 5.94. The maximum atomic E-state index is 14.0. The highest BCUT2D eigenvalue weighted by atomic mass is 19.1. The Kier molecular flexibility index (Phi) is 7.32. The first-order valence-electron chi connectivity index (χ1n) is 11.1. The van der Waals surface area contributed by atoms with Crippen LogP contribution in [0.1, 0.15) is 22.5 Å². The van der Waals surface area contributed by atoms with Gasteiger partial charge in [0.05, 0.1) is 11.5 Å². The molecule has 2 heterocycles. The zero-order valence-corrected chi connectivity index (χ0v) is 18.8. The van der Waals surface area contributed by atoms with Crippen molar-refractivity contribution in [3.8, 4) is 11.3 Å². The fourth-order valence-corrected chi connectivity index (χ4v) is 4.07. The molecule has 9 heteroatoms. The minimum absolute atomic E-state index is 0.00270. The first kappa shape index (κ1) is 23.6. The third-order valence-electron chi connectivity index (χ3n) is 6.01. The number of benzene rings is 2. The van der Waals surface area contributed by atoms with Crippen LogP contribution in [0.15, 0.2) is 59.1 Å². The Hall–Kier alpha value is -3.59. The summed E-state index contributed by atoms with van der Waals surface area (Å²) in [6.07, 6.45) is 1.31. The van der Waals surface area contributed by atoms with E-state index in [1.807, 2.05) is 30.3 Å². The quantitative estimate of drug-likeness (QED) is 0.557. The second-order valence-electron chi connectivity index (χ2n) is 8.38. The van der Waals surface area contributed by atoms with E-state index in [4.69, 9.17) is 4.52 Å². The van der Waals surface area contributed by atoms with E-state index in [0.717, 1.165) is 24.1 Å². The molecule has 1 saturated heterocycles. The number of aromatic nitrogens is 1. The van der Waals surface area contributed by atoms with Crippen LogP contribution in [0.4, 0.5) is 8.78 Å². The number of hydrogen-bond donors (Lipinski definition) is 2. The number of halogens is 2. The topological polar surface area (TPSA) is 87.5 Å². The molecule has 2 atom stereocenters. The number of amides is 2. The number of hydrogen-bond acceptors (Lipinski definition) is 5. The van der Waals surface area contributed by atoms with Gasteiger partial charge in [0.1, 0.15) is 11.6 Å². The van der Waals surface area contributed by atoms with Gasteiger partial charge in [-0.05, 0) is 37.1 Å². The Balaban J connectivity index is 1.40. The molecule has 0 aliphatic carbocycles. The summed E-state index contributed by atoms with van der Waals surface area (Å²) in [6.45, 7) is 1.67. The van der Waals surface area contributed by atoms with Gasteiger partial charge in [-0.1, -0.05) is 35.5 Å². The van der Waals surface area contributed by atoms with E-state index in [2.05, 4.69) is 15.8 Å². The number of carbonyl (C=O) groups is 2. The van der Waals surface area contributed by atoms with Crippen LogP contribution in [-0.4, -0.2) is 54.6 Å². The number of rotatable bonds is 7. The lowest BCUT2D eigenvalue weighted by atomic mass is 9.91. The maximum Gasteiger partial charge on any atom is 0.273 e. The van der Waals surface area contributed by atoms with Crippen molar-refractivity contribution in [1.29, 1.82) is 0 Å². The van der Waals surface area contributed by atoms with Crippen LogP contribution in [0, 0.1) is 17.6 Å². The Morgan fingerprint density at radius 1 is 1.18 bits per heavy atom. The molecule has 0 unspecified atom stereocenters. The zero-order valence-electron chi connectivity index (χ0n) is 18.8. The van der Waals surface area contributed by atoms with Gasteiger partial charge in [0.25, 0.3) is 5.91 Å². The predicted molar refractivity (Wildman–Crippen MR) is 122 cm³/mol. The van der Waals surface area contributed by atoms with Gasteiger partial charge in [-0.3, -0.25) is 9.59 Å². The van der Waals surface area contributed by atoms with Gasteiger partial charge >= 0.3 is 0 Å². The summed E-state index contributed by atoms with van der Waals surface area (Å²) >= 11 is 0. The summed E-state index contributed by atoms with van der Waals surface area (Å²) in [7, 11) is 1.76. The maximum absolute atomic E-state index is 14.0. The van der Waals surface area contributed by atoms with Crippen molar-refractivity contribution < 1.29 is 22.9 Å². The summed E-state index contributed by atoms with van der Waals surface area (Å²) in [5.41, 5.74) is 1.11. The number of carbonyl (C=O) groups excluding carboxylic acids is 2. The van der Waals surface area contributed by atoms with Gasteiger partial charge in [0, 0.05) is 38.3 Å². The summed E-state index contributed by atoms with van der Waals surface area (Å²) in [4.78, 5) is 27.6. The summed E-state index contributed by atoms with van der Waals surface area (Å²) in [6, 6.07) is 13.9. The molecule has 1 aromatic heterocycles. The number of likely N-dealkylation sites (N-methyl/N-ethyl adjacent to an activating group) is 1. The van der Waals surface area contributed by atoms with E-state index in [1.54, 1.807) is 11.9 Å². The predicted octanol–water partition coefficient (Wildman–Crippen LogP) is 3.03. The van der Waals surface area contributed by atoms with E-state index >= 15 is 0 Å². The Morgan fingerprint density at radius 3 is 2.74 bits per heavy atom. The van der Waals surface area contributed by atoms with E-state index in [9.17, 15) is 18.4 Å². The molecule has 2 aromatic carbocycles. The van der Waals surface area contributed by atoms with Crippen LogP contribution in [0.2, 0.25) is 0 Å². The lowest BCUT2D eigenvalue weighted by Gasteiger charge is -2.34. The highest BCUT2D eigenvalue weighted by Gasteiger charge is 2.34. The van der Waals surface area contributed by atoms with Crippen molar-refractivity contribution >= 4 is 11.8 Å². The van der Waals surface area contributed by atoms with Crippen LogP contribution < -0.4 is 10.6 Å². The summed E-state index contributed by atoms with van der Waals surface area (Å²) < 4.78 is 32.3. The van der Waals surface area contributed by atoms with Crippen molar-refractivity contribution in [2.24, 2.45) is 5.92 Å². The first-order chi connectivity index (χ1) is 16.4. The summed E-state index contributed by atoms with van der Waals surface area (Å²) in [5.74, 6) is -2.52. The molecule has 0 saturated carbocycles. The minimum atomic E-state index is -0.814. The molecule has 34 heavy (non-hydrogen) atoms. The molecule has 0 bridgehead atoms. The molecule has 7 nitrogen and oxygen atoms in total. The van der Waals surface area contributed by atoms with Crippen LogP contribution in [-0.2, 0) is 11.2 Å². The molecule has 1 aliphatic heterocycles. The standard InChI is InChI=1S/C25H26F2N4O3/c1-31(12-10-16-5-3-2-4-6-16)25(33)19-15-28-11-9-21(19)29-24(32)22-14-23(34-30-22)18-8-7-17(26)13-20(18)27/h2-8,13-14,19,21,28H,9-12,15H2,1H3,(H,29,32)/t19-,21-/m1/s1. The molecule has 2 amide bonds. The minimum Gasteiger partial charge on any atom is -0.355 e. The molecule has 2 N–H and O–H groups in total. The van der Waals surface area contributed by atoms with Gasteiger partial charge in [0.15, 0.2) is 11.5 Å². The fourth-order valence-electron chi connectivity index (χ4n) is 4.07. The van der Waals surface area contributed by atoms with Crippen LogP contribution in [0.5, 0.6) is 0 Å². The van der Waals surface area contributed by atoms with Crippen LogP contribution in [0.3, 0.4) is 0 Å². The smallest absolute Gasteiger partial charge is 0.273 e. The average Bonchev–Trinajstić information content (AvgIpc) is 3.33. The molecule has 0 radical (unpaired) electrons. The molecular weight excluding hydrogens is 442 g/mol. The zero-order chi connectivity index (χ0) is 24.1. The normalized spacial score (nSPS) is 17.9. The molecule has 3 aromatic rings. The number of nitrogens with zero attached hydrogens (tertiary/aromatic N) is 2. The van der Waals surface area contributed by atoms with Gasteiger partial charge in [-0.2, -0.15) is 0 Å². The Labute approximate surface area is 196 Å². The summed E-state index contributed by atoms with van der Waals surface area (Å²) in [5, 5.41) is 9.83. The Morgan fingerprint density at radius 2 is 1.97 bits per heavy atom. The van der Waals surface area contributed by atoms with Crippen LogP contribution in [0.25, 0.3) is 11.3 Å². The van der Waals surface area contributed by atoms with Crippen molar-refractivity contribution in [2.45, 2.75) is 18.9 Å². The third kappa shape index (κ3) is 5.48. The molecule has 0 spiro atoms. The van der Waals surface area contributed by atoms with Gasteiger partial charge in [-0.15, -0.1) is 0 Å². The number of nitrogens with one attached hydrogen (secondary N) is 2. The van der Waals surface area contributed by atoms with Crippen molar-refractivity contribution in [2.75, 3.05) is 26.7 Å². The van der Waals surface area contributed by atoms with E-state index in [0.29, 0.717) is 26.1 Å². The highest BCUT2D eigenvalue weighted by Crippen LogP contribution is 2.24. The SMILES string of the molecule is CN(CCc1ccccc1)C(=O)[C@@H]1CNCC[C@H]1NC(=O)c1cc(-c2ccc(F)cc2F)on1. The van der Waals surface area contributed by atoms with Crippen LogP contribution >= 0.6 is 0 Å². The number of piperidine rings is 1. The molecule has 178 valence electrons. The second-order valence-corrected chi connectivity index (χ2v) is 8.38. The lowest BCUT2D eigenvalue weighted by molar-refractivity contribution is -0.135. The molecule has 4 rings (SSSR count). The average molecular weight is 469 g/mol. The van der Waals surface area contributed by atoms with E-state index in [1.165, 1.54) is 12.1 Å². The first-order valence-corrected chi connectivity index (χ1v) is 11.1. The largest absolute Gasteiger partial charge is 0.355 e. The van der Waals surface area contributed by atoms with Crippen molar-refractivity contribution in [3.63, 3.8) is 0 Å². The van der Waals surface area contributed by atoms with Crippen molar-refractivity contribution in [3.05, 3.63) is 77.5 Å². The molecule has 1 fully saturated rings. The lowest BCUT2D eigenvalue weighted by Crippen LogP contribution is -2.55. The van der Waals surface area contributed by atoms with E-state index < -0.39 is 23.5 Å². The third-order valence-corrected chi connectivity index (χ3v) is 6.01. The molecule has 1 aliphatic rings. The molecular formula is C25H26F2N4O3.